The highest BCUT2D eigenvalue weighted by atomic mass is 16.5. The first-order chi connectivity index (χ1) is 12.4. The molecule has 1 aliphatic rings. The van der Waals surface area contributed by atoms with Crippen LogP contribution in [0, 0.1) is 5.92 Å². The number of hydrogen-bond donors (Lipinski definition) is 1. The maximum absolute atomic E-state index is 12.6. The SMILES string of the molecule is CC(C)[C@H](C(=O)OCC(=O)c1ccc[nH]1)N1C(=O)c2ccccc2C1=O. The summed E-state index contributed by atoms with van der Waals surface area (Å²) in [6, 6.07) is 8.54. The number of esters is 1. The van der Waals surface area contributed by atoms with Crippen molar-refractivity contribution in [3.63, 3.8) is 0 Å². The second kappa shape index (κ2) is 6.95. The monoisotopic (exact) mass is 354 g/mol. The van der Waals surface area contributed by atoms with Gasteiger partial charge in [-0.15, -0.1) is 0 Å². The Kier molecular flexibility index (Phi) is 4.71. The third kappa shape index (κ3) is 3.03. The van der Waals surface area contributed by atoms with E-state index in [0.717, 1.165) is 4.90 Å². The molecule has 1 atom stereocenters. The number of imide groups is 1. The summed E-state index contributed by atoms with van der Waals surface area (Å²) in [5.74, 6) is -2.61. The van der Waals surface area contributed by atoms with Crippen molar-refractivity contribution in [3.05, 3.63) is 59.4 Å². The Morgan fingerprint density at radius 1 is 1.04 bits per heavy atom. The Balaban J connectivity index is 1.77. The molecule has 134 valence electrons. The van der Waals surface area contributed by atoms with Gasteiger partial charge in [-0.25, -0.2) is 4.79 Å². The molecule has 3 rings (SSSR count). The third-order valence-electron chi connectivity index (χ3n) is 4.22. The predicted octanol–water partition coefficient (Wildman–Crippen LogP) is 2.06. The molecule has 0 saturated heterocycles. The summed E-state index contributed by atoms with van der Waals surface area (Å²) in [6.45, 7) is 2.95. The molecule has 0 unspecified atom stereocenters. The van der Waals surface area contributed by atoms with E-state index in [1.54, 1.807) is 56.4 Å². The predicted molar refractivity (Wildman–Crippen MR) is 91.7 cm³/mol. The van der Waals surface area contributed by atoms with Crippen molar-refractivity contribution < 1.29 is 23.9 Å². The first-order valence-corrected chi connectivity index (χ1v) is 8.22. The van der Waals surface area contributed by atoms with Crippen molar-refractivity contribution in [1.82, 2.24) is 9.88 Å². The zero-order valence-electron chi connectivity index (χ0n) is 14.4. The van der Waals surface area contributed by atoms with Gasteiger partial charge in [-0.2, -0.15) is 0 Å². The second-order valence-corrected chi connectivity index (χ2v) is 6.33. The van der Waals surface area contributed by atoms with Gasteiger partial charge in [0.1, 0.15) is 6.04 Å². The topological polar surface area (TPSA) is 96.5 Å². The van der Waals surface area contributed by atoms with Crippen LogP contribution < -0.4 is 0 Å². The number of aromatic amines is 1. The average molecular weight is 354 g/mol. The molecule has 1 N–H and O–H groups in total. The van der Waals surface area contributed by atoms with Crippen molar-refractivity contribution in [2.24, 2.45) is 5.92 Å². The maximum atomic E-state index is 12.6. The molecular weight excluding hydrogens is 336 g/mol. The summed E-state index contributed by atoms with van der Waals surface area (Å²) >= 11 is 0. The lowest BCUT2D eigenvalue weighted by Gasteiger charge is -2.27. The van der Waals surface area contributed by atoms with Gasteiger partial charge in [-0.3, -0.25) is 19.3 Å². The van der Waals surface area contributed by atoms with Crippen molar-refractivity contribution in [2.45, 2.75) is 19.9 Å². The Morgan fingerprint density at radius 2 is 1.65 bits per heavy atom. The van der Waals surface area contributed by atoms with Crippen LogP contribution in [0.15, 0.2) is 42.6 Å². The molecule has 7 heteroatoms. The van der Waals surface area contributed by atoms with E-state index < -0.39 is 36.2 Å². The van der Waals surface area contributed by atoms with Crippen LogP contribution in [0.3, 0.4) is 0 Å². The van der Waals surface area contributed by atoms with E-state index in [2.05, 4.69) is 4.98 Å². The number of aromatic nitrogens is 1. The molecule has 0 bridgehead atoms. The molecule has 7 nitrogen and oxygen atoms in total. The Labute approximate surface area is 149 Å². The van der Waals surface area contributed by atoms with Crippen LogP contribution in [0.4, 0.5) is 0 Å². The molecular formula is C19H18N2O5. The van der Waals surface area contributed by atoms with Crippen LogP contribution in [-0.2, 0) is 9.53 Å². The normalized spacial score (nSPS) is 14.5. The number of benzene rings is 1. The molecule has 2 amide bonds. The molecule has 1 aromatic carbocycles. The number of ketones is 1. The fraction of sp³-hybridized carbons (Fsp3) is 0.263. The lowest BCUT2D eigenvalue weighted by molar-refractivity contribution is -0.148. The summed E-state index contributed by atoms with van der Waals surface area (Å²) < 4.78 is 5.10. The molecule has 0 fully saturated rings. The van der Waals surface area contributed by atoms with Gasteiger partial charge < -0.3 is 9.72 Å². The molecule has 1 aromatic heterocycles. The van der Waals surface area contributed by atoms with Crippen LogP contribution in [0.5, 0.6) is 0 Å². The number of fused-ring (bicyclic) bond motifs is 1. The third-order valence-corrected chi connectivity index (χ3v) is 4.22. The molecule has 0 saturated carbocycles. The van der Waals surface area contributed by atoms with E-state index in [1.807, 2.05) is 0 Å². The molecule has 2 heterocycles. The minimum Gasteiger partial charge on any atom is -0.456 e. The standard InChI is InChI=1S/C19H18N2O5/c1-11(2)16(19(25)26-10-15(22)14-8-5-9-20-14)21-17(23)12-6-3-4-7-13(12)18(21)24/h3-9,11,16,20H,10H2,1-2H3/t16-/m1/s1. The number of ether oxygens (including phenoxy) is 1. The summed E-state index contributed by atoms with van der Waals surface area (Å²) in [5.41, 5.74) is 0.844. The zero-order chi connectivity index (χ0) is 18.8. The molecule has 0 aliphatic carbocycles. The number of rotatable bonds is 6. The second-order valence-electron chi connectivity index (χ2n) is 6.33. The number of carbonyl (C=O) groups is 4. The Hall–Kier alpha value is -3.22. The van der Waals surface area contributed by atoms with Crippen LogP contribution in [0.1, 0.15) is 45.1 Å². The number of H-pyrrole nitrogens is 1. The number of carbonyl (C=O) groups excluding carboxylic acids is 4. The number of amides is 2. The van der Waals surface area contributed by atoms with Crippen molar-refractivity contribution >= 4 is 23.6 Å². The fourth-order valence-electron chi connectivity index (χ4n) is 2.94. The van der Waals surface area contributed by atoms with Gasteiger partial charge in [0, 0.05) is 6.20 Å². The molecule has 2 aromatic rings. The zero-order valence-corrected chi connectivity index (χ0v) is 14.4. The maximum Gasteiger partial charge on any atom is 0.330 e. The summed E-state index contributed by atoms with van der Waals surface area (Å²) in [7, 11) is 0. The minimum absolute atomic E-state index is 0.262. The quantitative estimate of drug-likeness (QED) is 0.487. The van der Waals surface area contributed by atoms with Gasteiger partial charge in [-0.05, 0) is 30.2 Å². The lowest BCUT2D eigenvalue weighted by Crippen LogP contribution is -2.49. The Morgan fingerprint density at radius 3 is 2.15 bits per heavy atom. The first kappa shape index (κ1) is 17.6. The Bertz CT molecular complexity index is 835. The molecule has 0 radical (unpaired) electrons. The smallest absolute Gasteiger partial charge is 0.330 e. The van der Waals surface area contributed by atoms with Gasteiger partial charge in [0.2, 0.25) is 5.78 Å². The number of Topliss-reactive ketones (excluding diaryl/α,β-unsaturated/α-hetero) is 1. The lowest BCUT2D eigenvalue weighted by atomic mass is 10.0. The highest BCUT2D eigenvalue weighted by molar-refractivity contribution is 6.22. The van der Waals surface area contributed by atoms with E-state index in [-0.39, 0.29) is 17.0 Å². The van der Waals surface area contributed by atoms with Crippen LogP contribution in [-0.4, -0.2) is 46.1 Å². The van der Waals surface area contributed by atoms with E-state index >= 15 is 0 Å². The molecule has 1 aliphatic heterocycles. The van der Waals surface area contributed by atoms with E-state index in [1.165, 1.54) is 0 Å². The number of nitrogens with one attached hydrogen (secondary N) is 1. The van der Waals surface area contributed by atoms with Gasteiger partial charge in [0.15, 0.2) is 6.61 Å². The summed E-state index contributed by atoms with van der Waals surface area (Å²) in [6.07, 6.45) is 1.59. The molecule has 0 spiro atoms. The van der Waals surface area contributed by atoms with Crippen molar-refractivity contribution in [1.29, 1.82) is 0 Å². The van der Waals surface area contributed by atoms with Gasteiger partial charge in [0.25, 0.3) is 11.8 Å². The van der Waals surface area contributed by atoms with E-state index in [4.69, 9.17) is 4.74 Å². The van der Waals surface area contributed by atoms with Crippen LogP contribution in [0.2, 0.25) is 0 Å². The van der Waals surface area contributed by atoms with Crippen molar-refractivity contribution in [2.75, 3.05) is 6.61 Å². The van der Waals surface area contributed by atoms with Gasteiger partial charge in [0.05, 0.1) is 16.8 Å². The van der Waals surface area contributed by atoms with Gasteiger partial charge >= 0.3 is 5.97 Å². The largest absolute Gasteiger partial charge is 0.456 e. The number of nitrogens with zero attached hydrogens (tertiary/aromatic N) is 1. The van der Waals surface area contributed by atoms with Crippen molar-refractivity contribution in [3.8, 4) is 0 Å². The highest BCUT2D eigenvalue weighted by Crippen LogP contribution is 2.27. The molecule has 26 heavy (non-hydrogen) atoms. The number of hydrogen-bond acceptors (Lipinski definition) is 5. The van der Waals surface area contributed by atoms with E-state index in [0.29, 0.717) is 5.69 Å². The fourth-order valence-corrected chi connectivity index (χ4v) is 2.94. The first-order valence-electron chi connectivity index (χ1n) is 8.22. The van der Waals surface area contributed by atoms with E-state index in [9.17, 15) is 19.2 Å². The van der Waals surface area contributed by atoms with Gasteiger partial charge in [-0.1, -0.05) is 26.0 Å². The van der Waals surface area contributed by atoms with Crippen LogP contribution in [0.25, 0.3) is 0 Å². The highest BCUT2D eigenvalue weighted by Gasteiger charge is 2.44. The van der Waals surface area contributed by atoms with Crippen LogP contribution >= 0.6 is 0 Å². The summed E-state index contributed by atoms with van der Waals surface area (Å²) in [4.78, 5) is 53.4. The average Bonchev–Trinajstić information content (AvgIpc) is 3.24. The summed E-state index contributed by atoms with van der Waals surface area (Å²) in [5, 5.41) is 0. The minimum atomic E-state index is -1.10.